The van der Waals surface area contributed by atoms with Crippen molar-refractivity contribution >= 4 is 27.6 Å². The number of guanidine groups is 1. The number of aromatic nitrogens is 1. The monoisotopic (exact) mass is 504 g/mol. The molecule has 1 aromatic heterocycles. The molecule has 0 radical (unpaired) electrons. The Labute approximate surface area is 192 Å². The molecule has 0 fully saturated rings. The van der Waals surface area contributed by atoms with Crippen molar-refractivity contribution in [1.82, 2.24) is 9.88 Å². The van der Waals surface area contributed by atoms with Gasteiger partial charge in [-0.3, -0.25) is 14.3 Å². The van der Waals surface area contributed by atoms with E-state index in [2.05, 4.69) is 10.5 Å². The van der Waals surface area contributed by atoms with E-state index in [1.807, 2.05) is 4.72 Å². The van der Waals surface area contributed by atoms with Crippen LogP contribution in [0, 0.1) is 13.8 Å². The van der Waals surface area contributed by atoms with Gasteiger partial charge < -0.3 is 26.2 Å². The van der Waals surface area contributed by atoms with Crippen molar-refractivity contribution in [1.29, 1.82) is 0 Å². The topological polar surface area (TPSA) is 171 Å². The third-order valence-electron chi connectivity index (χ3n) is 4.43. The molecule has 0 saturated carbocycles. The fourth-order valence-corrected chi connectivity index (χ4v) is 4.10. The van der Waals surface area contributed by atoms with E-state index in [9.17, 15) is 31.2 Å². The van der Waals surface area contributed by atoms with E-state index in [4.69, 9.17) is 16.3 Å². The Balaban J connectivity index is 2.24. The summed E-state index contributed by atoms with van der Waals surface area (Å²) < 4.78 is 67.7. The number of hydrogen-bond donors (Lipinski definition) is 4. The zero-order chi connectivity index (χ0) is 25.7. The molecule has 1 aromatic carbocycles. The Hall–Kier alpha value is -3.75. The van der Waals surface area contributed by atoms with Crippen molar-refractivity contribution < 1.29 is 31.2 Å². The standard InChI is InChI=1S/C19H23F3N6O5S/c1-11-3-5-13(19(20,21)22)9-15(11)34(31,32)27-14-6-4-12(2)28(17(14)30)10-16(29)25-7-8-33-26-18(23)24/h3-6,9,27H,7-8,10H2,1-2H3,(H,25,29)(H4,23,24,26). The van der Waals surface area contributed by atoms with Crippen LogP contribution in [0.25, 0.3) is 0 Å². The summed E-state index contributed by atoms with van der Waals surface area (Å²) >= 11 is 0. The third-order valence-corrected chi connectivity index (χ3v) is 5.94. The summed E-state index contributed by atoms with van der Waals surface area (Å²) in [6, 6.07) is 4.81. The number of nitrogens with one attached hydrogen (secondary N) is 2. The first kappa shape index (κ1) is 26.5. The second-order valence-corrected chi connectivity index (χ2v) is 8.71. The lowest BCUT2D eigenvalue weighted by Crippen LogP contribution is -2.36. The molecule has 1 amide bonds. The number of benzene rings is 1. The molecule has 15 heteroatoms. The highest BCUT2D eigenvalue weighted by molar-refractivity contribution is 7.92. The maximum absolute atomic E-state index is 13.0. The van der Waals surface area contributed by atoms with E-state index in [1.165, 1.54) is 19.9 Å². The molecule has 2 aromatic rings. The van der Waals surface area contributed by atoms with Crippen LogP contribution in [0.3, 0.4) is 0 Å². The van der Waals surface area contributed by atoms with Crippen LogP contribution in [0.4, 0.5) is 18.9 Å². The van der Waals surface area contributed by atoms with Crippen LogP contribution < -0.4 is 27.1 Å². The van der Waals surface area contributed by atoms with Gasteiger partial charge in [0.15, 0.2) is 0 Å². The van der Waals surface area contributed by atoms with Gasteiger partial charge in [-0.05, 0) is 48.8 Å². The minimum atomic E-state index is -4.75. The van der Waals surface area contributed by atoms with E-state index >= 15 is 0 Å². The highest BCUT2D eigenvalue weighted by Crippen LogP contribution is 2.32. The molecular weight excluding hydrogens is 481 g/mol. The average molecular weight is 504 g/mol. The van der Waals surface area contributed by atoms with Gasteiger partial charge in [-0.15, -0.1) is 0 Å². The Morgan fingerprint density at radius 3 is 2.47 bits per heavy atom. The highest BCUT2D eigenvalue weighted by atomic mass is 32.2. The van der Waals surface area contributed by atoms with Gasteiger partial charge in [0.1, 0.15) is 18.8 Å². The minimum Gasteiger partial charge on any atom is -0.391 e. The number of oxime groups is 1. The van der Waals surface area contributed by atoms with Gasteiger partial charge in [0.25, 0.3) is 15.6 Å². The van der Waals surface area contributed by atoms with Gasteiger partial charge >= 0.3 is 6.18 Å². The molecule has 0 atom stereocenters. The predicted molar refractivity (Wildman–Crippen MR) is 117 cm³/mol. The molecule has 0 bridgehead atoms. The van der Waals surface area contributed by atoms with E-state index in [-0.39, 0.29) is 24.7 Å². The van der Waals surface area contributed by atoms with Crippen molar-refractivity contribution in [2.24, 2.45) is 16.6 Å². The van der Waals surface area contributed by atoms with Crippen LogP contribution in [0.2, 0.25) is 0 Å². The van der Waals surface area contributed by atoms with Crippen LogP contribution in [0.5, 0.6) is 0 Å². The molecule has 0 unspecified atom stereocenters. The number of alkyl halides is 3. The zero-order valence-corrected chi connectivity index (χ0v) is 19.0. The fourth-order valence-electron chi connectivity index (χ4n) is 2.77. The van der Waals surface area contributed by atoms with Gasteiger partial charge in [0.2, 0.25) is 11.9 Å². The number of nitrogens with two attached hydrogens (primary N) is 2. The number of sulfonamides is 1. The van der Waals surface area contributed by atoms with Crippen molar-refractivity contribution in [3.05, 3.63) is 57.5 Å². The number of pyridine rings is 1. The lowest BCUT2D eigenvalue weighted by Gasteiger charge is -2.15. The summed E-state index contributed by atoms with van der Waals surface area (Å²) in [7, 11) is -4.55. The van der Waals surface area contributed by atoms with Gasteiger partial charge in [-0.2, -0.15) is 13.2 Å². The molecule has 34 heavy (non-hydrogen) atoms. The first-order chi connectivity index (χ1) is 15.7. The maximum Gasteiger partial charge on any atom is 0.416 e. The minimum absolute atomic E-state index is 0.0184. The molecule has 1 heterocycles. The Kier molecular flexibility index (Phi) is 8.15. The number of halogens is 3. The number of hydrogen-bond acceptors (Lipinski definition) is 6. The summed E-state index contributed by atoms with van der Waals surface area (Å²) in [5, 5.41) is 5.73. The van der Waals surface area contributed by atoms with Gasteiger partial charge in [-0.25, -0.2) is 8.42 Å². The molecule has 0 saturated heterocycles. The van der Waals surface area contributed by atoms with Gasteiger partial charge in [0, 0.05) is 5.69 Å². The molecule has 0 spiro atoms. The summed E-state index contributed by atoms with van der Waals surface area (Å²) in [6.07, 6.45) is -4.75. The smallest absolute Gasteiger partial charge is 0.391 e. The first-order valence-corrected chi connectivity index (χ1v) is 11.1. The molecular formula is C19H23F3N6O5S. The lowest BCUT2D eigenvalue weighted by atomic mass is 10.1. The average Bonchev–Trinajstić information content (AvgIpc) is 2.72. The predicted octanol–water partition coefficient (Wildman–Crippen LogP) is 0.606. The molecule has 2 rings (SSSR count). The number of anilines is 1. The van der Waals surface area contributed by atoms with Crippen LogP contribution in [-0.4, -0.2) is 38.0 Å². The largest absolute Gasteiger partial charge is 0.416 e. The van der Waals surface area contributed by atoms with E-state index in [1.54, 1.807) is 0 Å². The Bertz CT molecular complexity index is 1250. The molecule has 186 valence electrons. The van der Waals surface area contributed by atoms with Crippen molar-refractivity contribution in [3.8, 4) is 0 Å². The number of rotatable bonds is 9. The maximum atomic E-state index is 13.0. The molecule has 11 nitrogen and oxygen atoms in total. The number of aryl methyl sites for hydroxylation is 2. The second kappa shape index (κ2) is 10.5. The molecule has 0 aliphatic heterocycles. The SMILES string of the molecule is Cc1ccc(C(F)(F)F)cc1S(=O)(=O)Nc1ccc(C)n(CC(=O)NCCON=C(N)N)c1=O. The van der Waals surface area contributed by atoms with E-state index in [0.29, 0.717) is 11.8 Å². The van der Waals surface area contributed by atoms with E-state index < -0.39 is 50.4 Å². The first-order valence-electron chi connectivity index (χ1n) is 9.61. The molecule has 0 aliphatic rings. The number of carbonyl (C=O) groups is 1. The zero-order valence-electron chi connectivity index (χ0n) is 18.1. The van der Waals surface area contributed by atoms with E-state index in [0.717, 1.165) is 22.8 Å². The fraction of sp³-hybridized carbons (Fsp3) is 0.316. The number of nitrogens with zero attached hydrogens (tertiary/aromatic N) is 2. The van der Waals surface area contributed by atoms with Crippen LogP contribution >= 0.6 is 0 Å². The quantitative estimate of drug-likeness (QED) is 0.168. The van der Waals surface area contributed by atoms with Crippen LogP contribution in [-0.2, 0) is 32.4 Å². The lowest BCUT2D eigenvalue weighted by molar-refractivity contribution is -0.137. The molecule has 0 aliphatic carbocycles. The Morgan fingerprint density at radius 2 is 1.85 bits per heavy atom. The summed E-state index contributed by atoms with van der Waals surface area (Å²) in [5.41, 5.74) is 8.10. The van der Waals surface area contributed by atoms with Gasteiger partial charge in [-0.1, -0.05) is 6.07 Å². The third kappa shape index (κ3) is 6.87. The molecule has 6 N–H and O–H groups in total. The number of amides is 1. The number of carbonyl (C=O) groups excluding carboxylic acids is 1. The van der Waals surface area contributed by atoms with Crippen LogP contribution in [0.15, 0.2) is 45.2 Å². The van der Waals surface area contributed by atoms with Crippen molar-refractivity contribution in [3.63, 3.8) is 0 Å². The normalized spacial score (nSPS) is 11.6. The highest BCUT2D eigenvalue weighted by Gasteiger charge is 2.32. The summed E-state index contributed by atoms with van der Waals surface area (Å²) in [5.74, 6) is -0.889. The van der Waals surface area contributed by atoms with Crippen molar-refractivity contribution in [2.75, 3.05) is 17.9 Å². The van der Waals surface area contributed by atoms with Crippen LogP contribution in [0.1, 0.15) is 16.8 Å². The summed E-state index contributed by atoms with van der Waals surface area (Å²) in [4.78, 5) is 29.0. The Morgan fingerprint density at radius 1 is 1.18 bits per heavy atom. The second-order valence-electron chi connectivity index (χ2n) is 7.06. The van der Waals surface area contributed by atoms with Gasteiger partial charge in [0.05, 0.1) is 17.0 Å². The van der Waals surface area contributed by atoms with Crippen molar-refractivity contribution in [2.45, 2.75) is 31.5 Å². The summed E-state index contributed by atoms with van der Waals surface area (Å²) in [6.45, 7) is 2.36.